The van der Waals surface area contributed by atoms with Crippen LogP contribution < -0.4 is 0 Å². The highest BCUT2D eigenvalue weighted by atomic mass is 32.2. The van der Waals surface area contributed by atoms with Crippen molar-refractivity contribution >= 4 is 9.84 Å². The van der Waals surface area contributed by atoms with Gasteiger partial charge in [-0.1, -0.05) is 24.3 Å². The summed E-state index contributed by atoms with van der Waals surface area (Å²) >= 11 is 0. The van der Waals surface area contributed by atoms with Gasteiger partial charge in [-0.15, -0.1) is 0 Å². The molecule has 0 amide bonds. The van der Waals surface area contributed by atoms with Crippen LogP contribution in [-0.4, -0.2) is 14.7 Å². The first-order chi connectivity index (χ1) is 7.55. The number of hydrogen-bond acceptors (Lipinski definition) is 2. The summed E-state index contributed by atoms with van der Waals surface area (Å²) < 4.78 is 22.6. The van der Waals surface area contributed by atoms with Crippen molar-refractivity contribution in [3.05, 3.63) is 42.5 Å². The molecule has 2 nitrogen and oxygen atoms in total. The van der Waals surface area contributed by atoms with Gasteiger partial charge in [-0.3, -0.25) is 0 Å². The first kappa shape index (κ1) is 9.60. The molecule has 0 spiro atoms. The summed E-state index contributed by atoms with van der Waals surface area (Å²) in [7, 11) is -3.09. The fourth-order valence-corrected chi connectivity index (χ4v) is 2.54. The lowest BCUT2D eigenvalue weighted by atomic mass is 9.83. The van der Waals surface area contributed by atoms with Crippen molar-refractivity contribution in [2.75, 3.05) is 6.26 Å². The largest absolute Gasteiger partial charge is 0.224 e. The zero-order valence-corrected chi connectivity index (χ0v) is 9.58. The van der Waals surface area contributed by atoms with Crippen LogP contribution in [0.4, 0.5) is 0 Å². The summed E-state index contributed by atoms with van der Waals surface area (Å²) in [6.45, 7) is 0. The van der Waals surface area contributed by atoms with E-state index in [1.54, 1.807) is 12.1 Å². The Morgan fingerprint density at radius 3 is 1.81 bits per heavy atom. The second kappa shape index (κ2) is 2.95. The quantitative estimate of drug-likeness (QED) is 0.678. The van der Waals surface area contributed by atoms with Crippen LogP contribution in [0.25, 0.3) is 22.3 Å². The molecule has 0 atom stereocenters. The number of fused-ring (bicyclic) bond motifs is 1. The first-order valence-corrected chi connectivity index (χ1v) is 6.90. The van der Waals surface area contributed by atoms with Crippen LogP contribution in [0.5, 0.6) is 0 Å². The monoisotopic (exact) mass is 230 g/mol. The lowest BCUT2D eigenvalue weighted by molar-refractivity contribution is 0.602. The normalized spacial score (nSPS) is 12.6. The molecule has 0 fully saturated rings. The molecule has 0 heterocycles. The summed E-state index contributed by atoms with van der Waals surface area (Å²) in [5.74, 6) is 0. The smallest absolute Gasteiger partial charge is 0.175 e. The third-order valence-corrected chi connectivity index (χ3v) is 4.05. The lowest BCUT2D eigenvalue weighted by Gasteiger charge is -2.21. The van der Waals surface area contributed by atoms with Crippen molar-refractivity contribution in [1.29, 1.82) is 0 Å². The molecule has 0 N–H and O–H groups in total. The molecule has 0 aromatic heterocycles. The van der Waals surface area contributed by atoms with Gasteiger partial charge in [-0.05, 0) is 40.5 Å². The third kappa shape index (κ3) is 1.28. The van der Waals surface area contributed by atoms with Gasteiger partial charge in [0.2, 0.25) is 0 Å². The van der Waals surface area contributed by atoms with Crippen LogP contribution in [0.15, 0.2) is 47.4 Å². The van der Waals surface area contributed by atoms with Crippen LogP contribution in [0.3, 0.4) is 0 Å². The van der Waals surface area contributed by atoms with Gasteiger partial charge in [0.05, 0.1) is 4.90 Å². The van der Waals surface area contributed by atoms with Crippen molar-refractivity contribution < 1.29 is 8.42 Å². The Bertz CT molecular complexity index is 668. The van der Waals surface area contributed by atoms with Gasteiger partial charge in [0.25, 0.3) is 0 Å². The van der Waals surface area contributed by atoms with Crippen LogP contribution in [0.2, 0.25) is 0 Å². The van der Waals surface area contributed by atoms with Gasteiger partial charge in [-0.25, -0.2) is 8.42 Å². The number of benzene rings is 2. The Labute approximate surface area is 94.5 Å². The molecule has 0 aliphatic heterocycles. The molecule has 2 aliphatic carbocycles. The first-order valence-electron chi connectivity index (χ1n) is 5.01. The molecule has 2 aliphatic rings. The van der Waals surface area contributed by atoms with Crippen molar-refractivity contribution in [3.63, 3.8) is 0 Å². The van der Waals surface area contributed by atoms with E-state index < -0.39 is 9.84 Å². The highest BCUT2D eigenvalue weighted by molar-refractivity contribution is 7.90. The SMILES string of the molecule is CS(=O)(=O)c1ccc(-c2cc3ccc2-3)cc1. The van der Waals surface area contributed by atoms with Gasteiger partial charge in [0.1, 0.15) is 0 Å². The number of sulfone groups is 1. The van der Waals surface area contributed by atoms with Crippen molar-refractivity contribution in [2.45, 2.75) is 4.90 Å². The van der Waals surface area contributed by atoms with Gasteiger partial charge in [0.15, 0.2) is 9.84 Å². The molecular formula is C13H10O2S. The van der Waals surface area contributed by atoms with E-state index in [4.69, 9.17) is 0 Å². The van der Waals surface area contributed by atoms with Gasteiger partial charge in [-0.2, -0.15) is 0 Å². The van der Waals surface area contributed by atoms with E-state index in [1.807, 2.05) is 12.1 Å². The maximum atomic E-state index is 11.3. The van der Waals surface area contributed by atoms with Crippen LogP contribution >= 0.6 is 0 Å². The zero-order chi connectivity index (χ0) is 11.3. The van der Waals surface area contributed by atoms with E-state index in [0.717, 1.165) is 5.56 Å². The second-order valence-corrected chi connectivity index (χ2v) is 6.07. The third-order valence-electron chi connectivity index (χ3n) is 2.92. The van der Waals surface area contributed by atoms with E-state index in [-0.39, 0.29) is 0 Å². The van der Waals surface area contributed by atoms with E-state index in [2.05, 4.69) is 18.2 Å². The molecule has 3 heteroatoms. The molecule has 3 rings (SSSR count). The number of rotatable bonds is 2. The average Bonchev–Trinajstić information content (AvgIpc) is 2.21. The minimum absolute atomic E-state index is 0.370. The Morgan fingerprint density at radius 2 is 1.44 bits per heavy atom. The molecule has 1 aromatic rings. The Kier molecular flexibility index (Phi) is 1.77. The Morgan fingerprint density at radius 1 is 0.812 bits per heavy atom. The molecule has 1 aromatic carbocycles. The molecule has 80 valence electrons. The highest BCUT2D eigenvalue weighted by Crippen LogP contribution is 2.43. The van der Waals surface area contributed by atoms with E-state index in [1.165, 1.54) is 22.9 Å². The molecule has 0 radical (unpaired) electrons. The molecule has 16 heavy (non-hydrogen) atoms. The molecule has 0 saturated heterocycles. The van der Waals surface area contributed by atoms with Crippen molar-refractivity contribution in [3.8, 4) is 22.3 Å². The topological polar surface area (TPSA) is 34.1 Å². The summed E-state index contributed by atoms with van der Waals surface area (Å²) in [5, 5.41) is 0. The van der Waals surface area contributed by atoms with Crippen LogP contribution in [0, 0.1) is 0 Å². The summed E-state index contributed by atoms with van der Waals surface area (Å²) in [4.78, 5) is 0.370. The Hall–Kier alpha value is -1.61. The highest BCUT2D eigenvalue weighted by Gasteiger charge is 2.17. The fourth-order valence-electron chi connectivity index (χ4n) is 1.91. The molecule has 0 saturated carbocycles. The van der Waals surface area contributed by atoms with Gasteiger partial charge in [0, 0.05) is 6.26 Å². The Balaban J connectivity index is 2.02. The van der Waals surface area contributed by atoms with Crippen molar-refractivity contribution in [1.82, 2.24) is 0 Å². The summed E-state index contributed by atoms with van der Waals surface area (Å²) in [6, 6.07) is 13.3. The van der Waals surface area contributed by atoms with Crippen molar-refractivity contribution in [2.24, 2.45) is 0 Å². The lowest BCUT2D eigenvalue weighted by Crippen LogP contribution is -1.98. The fraction of sp³-hybridized carbons (Fsp3) is 0.0769. The molecular weight excluding hydrogens is 220 g/mol. The second-order valence-electron chi connectivity index (χ2n) is 4.06. The minimum atomic E-state index is -3.09. The summed E-state index contributed by atoms with van der Waals surface area (Å²) in [6.07, 6.45) is 1.22. The molecule has 0 unspecified atom stereocenters. The molecule has 0 bridgehead atoms. The minimum Gasteiger partial charge on any atom is -0.224 e. The predicted octanol–water partition coefficient (Wildman–Crippen LogP) is 2.74. The van der Waals surface area contributed by atoms with Gasteiger partial charge >= 0.3 is 0 Å². The standard InChI is InChI=1S/C13H10O2S/c1-16(14,15)11-5-2-9(3-6-11)13-8-10-4-7-12(10)13/h2-8H,1H3. The number of hydrogen-bond donors (Lipinski definition) is 0. The van der Waals surface area contributed by atoms with Crippen LogP contribution in [0.1, 0.15) is 0 Å². The van der Waals surface area contributed by atoms with Crippen LogP contribution in [-0.2, 0) is 9.84 Å². The summed E-state index contributed by atoms with van der Waals surface area (Å²) in [5.41, 5.74) is 4.86. The van der Waals surface area contributed by atoms with E-state index in [0.29, 0.717) is 4.90 Å². The maximum absolute atomic E-state index is 11.3. The zero-order valence-electron chi connectivity index (χ0n) is 8.77. The maximum Gasteiger partial charge on any atom is 0.175 e. The van der Waals surface area contributed by atoms with E-state index in [9.17, 15) is 8.42 Å². The van der Waals surface area contributed by atoms with E-state index >= 15 is 0 Å². The predicted molar refractivity (Wildman–Crippen MR) is 64.0 cm³/mol. The van der Waals surface area contributed by atoms with Gasteiger partial charge < -0.3 is 0 Å². The average molecular weight is 230 g/mol.